The van der Waals surface area contributed by atoms with E-state index in [0.29, 0.717) is 23.9 Å². The molecule has 0 saturated heterocycles. The second kappa shape index (κ2) is 38.7. The van der Waals surface area contributed by atoms with Crippen LogP contribution in [0.1, 0.15) is 181 Å². The summed E-state index contributed by atoms with van der Waals surface area (Å²) in [5, 5.41) is 13.8. The fraction of sp³-hybridized carbons (Fsp3) is 0.766. The molecule has 0 saturated carbocycles. The maximum Gasteiger partial charge on any atom is 0.268 e. The molecule has 0 spiro atoms. The zero-order valence-corrected chi connectivity index (χ0v) is 37.7. The van der Waals surface area contributed by atoms with Crippen molar-refractivity contribution in [1.29, 1.82) is 0 Å². The van der Waals surface area contributed by atoms with Gasteiger partial charge in [0.1, 0.15) is 13.2 Å². The third-order valence-electron chi connectivity index (χ3n) is 9.73. The molecule has 3 atom stereocenters. The number of hydrogen-bond acceptors (Lipinski definition) is 6. The van der Waals surface area contributed by atoms with Gasteiger partial charge >= 0.3 is 0 Å². The summed E-state index contributed by atoms with van der Waals surface area (Å²) < 4.78 is 23.2. The zero-order valence-electron chi connectivity index (χ0n) is 36.8. The number of aliphatic hydroxyl groups is 1. The van der Waals surface area contributed by atoms with E-state index in [1.165, 1.54) is 96.3 Å². The van der Waals surface area contributed by atoms with Crippen LogP contribution in [0.4, 0.5) is 0 Å². The van der Waals surface area contributed by atoms with Crippen LogP contribution >= 0.6 is 7.82 Å². The van der Waals surface area contributed by atoms with Crippen LogP contribution in [-0.2, 0) is 18.4 Å². The summed E-state index contributed by atoms with van der Waals surface area (Å²) in [6.45, 7) is 4.63. The molecule has 0 bridgehead atoms. The van der Waals surface area contributed by atoms with Crippen LogP contribution in [0.5, 0.6) is 0 Å². The molecular weight excluding hydrogens is 719 g/mol. The molecular formula is C47H87N2O6P. The van der Waals surface area contributed by atoms with Crippen molar-refractivity contribution < 1.29 is 32.9 Å². The number of aliphatic hydroxyl groups excluding tert-OH is 1. The van der Waals surface area contributed by atoms with E-state index in [9.17, 15) is 19.4 Å². The molecule has 326 valence electrons. The van der Waals surface area contributed by atoms with E-state index in [-0.39, 0.29) is 25.5 Å². The van der Waals surface area contributed by atoms with E-state index < -0.39 is 20.0 Å². The fourth-order valence-corrected chi connectivity index (χ4v) is 6.81. The van der Waals surface area contributed by atoms with Gasteiger partial charge in [0.15, 0.2) is 0 Å². The van der Waals surface area contributed by atoms with Gasteiger partial charge < -0.3 is 28.8 Å². The minimum absolute atomic E-state index is 0.00597. The predicted octanol–water partition coefficient (Wildman–Crippen LogP) is 12.0. The molecule has 1 amide bonds. The van der Waals surface area contributed by atoms with Crippen LogP contribution in [0.15, 0.2) is 60.8 Å². The standard InChI is InChI=1S/C47H87N2O6P/c1-6-8-10-12-14-16-18-20-21-22-23-24-25-26-27-29-31-33-35-37-39-41-47(51)48-45(44-55-56(52,53)54-43-42-49(3,4)5)46(50)40-38-36-34-32-30-28-19-17-15-13-11-9-7-2/h21-22,24-25,27,29-30,32-33,35,45-46,50H,6-20,23,26,28,31,34,36-44H2,1-5H3,(H-,48,51,52,53)/b22-21+,25-24+,29-27+,32-30+,35-33+/t45-,46+/m0/s1. The number of phosphoric ester groups is 1. The highest BCUT2D eigenvalue weighted by Crippen LogP contribution is 2.38. The molecule has 0 rings (SSSR count). The molecule has 1 unspecified atom stereocenters. The highest BCUT2D eigenvalue weighted by Gasteiger charge is 2.24. The Morgan fingerprint density at radius 2 is 1.04 bits per heavy atom. The Hall–Kier alpha value is -1.80. The highest BCUT2D eigenvalue weighted by atomic mass is 31.2. The summed E-state index contributed by atoms with van der Waals surface area (Å²) in [4.78, 5) is 25.3. The van der Waals surface area contributed by atoms with E-state index >= 15 is 0 Å². The second-order valence-electron chi connectivity index (χ2n) is 16.4. The maximum atomic E-state index is 12.8. The van der Waals surface area contributed by atoms with Crippen molar-refractivity contribution in [3.8, 4) is 0 Å². The van der Waals surface area contributed by atoms with Gasteiger partial charge in [0.25, 0.3) is 7.82 Å². The topological polar surface area (TPSA) is 108 Å². The Bertz CT molecular complexity index is 1100. The van der Waals surface area contributed by atoms with E-state index in [1.807, 2.05) is 21.1 Å². The number of unbranched alkanes of at least 4 members (excludes halogenated alkanes) is 17. The molecule has 0 radical (unpaired) electrons. The molecule has 0 heterocycles. The molecule has 8 nitrogen and oxygen atoms in total. The van der Waals surface area contributed by atoms with Crippen LogP contribution in [0.25, 0.3) is 0 Å². The minimum atomic E-state index is -4.59. The fourth-order valence-electron chi connectivity index (χ4n) is 6.08. The molecule has 0 aromatic rings. The monoisotopic (exact) mass is 807 g/mol. The molecule has 0 aliphatic carbocycles. The van der Waals surface area contributed by atoms with Crippen molar-refractivity contribution >= 4 is 13.7 Å². The molecule has 0 fully saturated rings. The first-order valence-corrected chi connectivity index (χ1v) is 24.1. The lowest BCUT2D eigenvalue weighted by molar-refractivity contribution is -0.870. The van der Waals surface area contributed by atoms with Crippen LogP contribution in [0.2, 0.25) is 0 Å². The molecule has 56 heavy (non-hydrogen) atoms. The van der Waals surface area contributed by atoms with Gasteiger partial charge in [0.05, 0.1) is 39.9 Å². The normalized spacial score (nSPS) is 14.9. The first-order chi connectivity index (χ1) is 27.0. The molecule has 2 N–H and O–H groups in total. The molecule has 0 aliphatic rings. The van der Waals surface area contributed by atoms with Crippen LogP contribution in [-0.4, -0.2) is 68.5 Å². The summed E-state index contributed by atoms with van der Waals surface area (Å²) in [5.74, 6) is -0.231. The quantitative estimate of drug-likeness (QED) is 0.0276. The van der Waals surface area contributed by atoms with Crippen molar-refractivity contribution in [2.45, 2.75) is 193 Å². The van der Waals surface area contributed by atoms with Gasteiger partial charge in [-0.05, 0) is 77.0 Å². The second-order valence-corrected chi connectivity index (χ2v) is 17.8. The number of phosphoric acid groups is 1. The first-order valence-electron chi connectivity index (χ1n) is 22.6. The average molecular weight is 807 g/mol. The van der Waals surface area contributed by atoms with E-state index in [4.69, 9.17) is 9.05 Å². The van der Waals surface area contributed by atoms with Crippen molar-refractivity contribution in [2.24, 2.45) is 0 Å². The summed E-state index contributed by atoms with van der Waals surface area (Å²) in [6.07, 6.45) is 49.5. The number of allylic oxidation sites excluding steroid dienone is 10. The summed E-state index contributed by atoms with van der Waals surface area (Å²) in [7, 11) is 1.24. The van der Waals surface area contributed by atoms with Gasteiger partial charge in [-0.1, -0.05) is 158 Å². The summed E-state index contributed by atoms with van der Waals surface area (Å²) >= 11 is 0. The molecule has 0 aromatic carbocycles. The predicted molar refractivity (Wildman–Crippen MR) is 237 cm³/mol. The number of nitrogens with zero attached hydrogens (tertiary/aromatic N) is 1. The first kappa shape index (κ1) is 54.2. The van der Waals surface area contributed by atoms with Gasteiger partial charge in [0, 0.05) is 6.42 Å². The zero-order chi connectivity index (χ0) is 41.4. The summed E-state index contributed by atoms with van der Waals surface area (Å²) in [6, 6.07) is -0.847. The van der Waals surface area contributed by atoms with Gasteiger partial charge in [-0.25, -0.2) is 0 Å². The Morgan fingerprint density at radius 3 is 1.52 bits per heavy atom. The largest absolute Gasteiger partial charge is 0.756 e. The third kappa shape index (κ3) is 40.4. The number of quaternary nitrogens is 1. The Labute approximate surface area is 345 Å². The van der Waals surface area contributed by atoms with Crippen LogP contribution < -0.4 is 10.2 Å². The SMILES string of the molecule is CCCCCCCCC/C=C/C/C=C/C/C=C/C/C=C/CCCC(=O)N[C@@H](COP(=O)([O-])OCC[N+](C)(C)C)[C@H](O)CCCC/C=C/CCCCCCCCC. The van der Waals surface area contributed by atoms with Gasteiger partial charge in [-0.15, -0.1) is 0 Å². The van der Waals surface area contributed by atoms with Crippen molar-refractivity contribution in [3.63, 3.8) is 0 Å². The lowest BCUT2D eigenvalue weighted by Gasteiger charge is -2.30. The number of carbonyl (C=O) groups is 1. The van der Waals surface area contributed by atoms with Crippen molar-refractivity contribution in [1.82, 2.24) is 5.32 Å². The summed E-state index contributed by atoms with van der Waals surface area (Å²) in [5.41, 5.74) is 0. The molecule has 0 aromatic heterocycles. The Morgan fingerprint density at radius 1 is 0.625 bits per heavy atom. The van der Waals surface area contributed by atoms with Gasteiger partial charge in [0.2, 0.25) is 5.91 Å². The number of hydrogen-bond donors (Lipinski definition) is 2. The van der Waals surface area contributed by atoms with Crippen molar-refractivity contribution in [2.75, 3.05) is 40.9 Å². The third-order valence-corrected chi connectivity index (χ3v) is 10.7. The average Bonchev–Trinajstić information content (AvgIpc) is 3.15. The van der Waals surface area contributed by atoms with Gasteiger partial charge in [-0.2, -0.15) is 0 Å². The number of carbonyl (C=O) groups excluding carboxylic acids is 1. The van der Waals surface area contributed by atoms with Crippen molar-refractivity contribution in [3.05, 3.63) is 60.8 Å². The lowest BCUT2D eigenvalue weighted by Crippen LogP contribution is -2.46. The Kier molecular flexibility index (Phi) is 37.5. The van der Waals surface area contributed by atoms with Crippen LogP contribution in [0.3, 0.4) is 0 Å². The minimum Gasteiger partial charge on any atom is -0.756 e. The smallest absolute Gasteiger partial charge is 0.268 e. The lowest BCUT2D eigenvalue weighted by atomic mass is 10.0. The van der Waals surface area contributed by atoms with E-state index in [2.05, 4.69) is 79.9 Å². The molecule has 0 aliphatic heterocycles. The highest BCUT2D eigenvalue weighted by molar-refractivity contribution is 7.45. The van der Waals surface area contributed by atoms with Gasteiger partial charge in [-0.3, -0.25) is 9.36 Å². The number of nitrogens with one attached hydrogen (secondary N) is 1. The molecule has 9 heteroatoms. The maximum absolute atomic E-state index is 12.8. The number of amides is 1. The number of likely N-dealkylation sites (N-methyl/N-ethyl adjacent to an activating group) is 1. The van der Waals surface area contributed by atoms with E-state index in [1.54, 1.807) is 0 Å². The Balaban J connectivity index is 4.49. The van der Waals surface area contributed by atoms with E-state index in [0.717, 1.165) is 51.4 Å². The number of rotatable bonds is 40. The van der Waals surface area contributed by atoms with Crippen LogP contribution in [0, 0.1) is 0 Å².